The molecule has 0 radical (unpaired) electrons. The molecule has 0 rings (SSSR count). The fourth-order valence-electron chi connectivity index (χ4n) is 2.24. The average molecular weight is 450 g/mol. The second-order valence-electron chi connectivity index (χ2n) is 7.10. The zero-order valence-corrected chi connectivity index (χ0v) is 20.8. The van der Waals surface area contributed by atoms with Crippen LogP contribution in [0.2, 0.25) is 0 Å². The highest BCUT2D eigenvalue weighted by molar-refractivity contribution is 7.32. The summed E-state index contributed by atoms with van der Waals surface area (Å²) in [6.45, 7) is 10.9. The predicted molar refractivity (Wildman–Crippen MR) is 124 cm³/mol. The summed E-state index contributed by atoms with van der Waals surface area (Å²) in [5, 5.41) is 0. The van der Waals surface area contributed by atoms with Gasteiger partial charge < -0.3 is 18.8 Å². The maximum atomic E-state index is 10.4. The van der Waals surface area contributed by atoms with Crippen molar-refractivity contribution in [1.82, 2.24) is 0 Å². The van der Waals surface area contributed by atoms with E-state index in [1.165, 1.54) is 29.4 Å². The van der Waals surface area contributed by atoms with Crippen LogP contribution in [0.5, 0.6) is 0 Å². The molecule has 0 fully saturated rings. The molecule has 2 atom stereocenters. The van der Waals surface area contributed by atoms with Gasteiger partial charge in [0, 0.05) is 7.11 Å². The van der Waals surface area contributed by atoms with Crippen molar-refractivity contribution in [3.63, 3.8) is 0 Å². The molecule has 0 heterocycles. The summed E-state index contributed by atoms with van der Waals surface area (Å²) < 4.78 is 28.3. The molecule has 0 amide bonds. The smallest absolute Gasteiger partial charge is 0.316 e. The van der Waals surface area contributed by atoms with Crippen LogP contribution in [0.25, 0.3) is 0 Å². The van der Waals surface area contributed by atoms with Crippen LogP contribution < -0.4 is 0 Å². The van der Waals surface area contributed by atoms with E-state index < -0.39 is 16.5 Å². The maximum Gasteiger partial charge on any atom is 0.316 e. The van der Waals surface area contributed by atoms with Gasteiger partial charge in [-0.3, -0.25) is 9.13 Å². The van der Waals surface area contributed by atoms with Gasteiger partial charge in [0.05, 0.1) is 6.61 Å². The molecular formula is C21H40O6P2. The van der Waals surface area contributed by atoms with Gasteiger partial charge in [-0.15, -0.1) is 0 Å². The van der Waals surface area contributed by atoms with Crippen LogP contribution in [0.15, 0.2) is 46.6 Å². The van der Waals surface area contributed by atoms with E-state index in [1.54, 1.807) is 0 Å². The lowest BCUT2D eigenvalue weighted by atomic mass is 10.0. The van der Waals surface area contributed by atoms with E-state index in [2.05, 4.69) is 55.0 Å². The zero-order chi connectivity index (χ0) is 22.7. The van der Waals surface area contributed by atoms with Crippen LogP contribution in [0.1, 0.15) is 73.1 Å². The van der Waals surface area contributed by atoms with Crippen LogP contribution in [0.3, 0.4) is 0 Å². The summed E-state index contributed by atoms with van der Waals surface area (Å²) in [4.78, 5) is 16.3. The number of hydrogen-bond donors (Lipinski definition) is 2. The first-order valence-electron chi connectivity index (χ1n) is 9.81. The van der Waals surface area contributed by atoms with Gasteiger partial charge in [-0.1, -0.05) is 46.6 Å². The highest BCUT2D eigenvalue weighted by Gasteiger charge is 1.94. The molecule has 0 aromatic carbocycles. The largest absolute Gasteiger partial charge is 0.326 e. The summed E-state index contributed by atoms with van der Waals surface area (Å²) in [5.74, 6) is 0. The van der Waals surface area contributed by atoms with Crippen LogP contribution in [-0.2, 0) is 18.2 Å². The topological polar surface area (TPSA) is 93.1 Å². The molecule has 0 aliphatic rings. The third-order valence-corrected chi connectivity index (χ3v) is 4.73. The Morgan fingerprint density at radius 2 is 1.10 bits per heavy atom. The Morgan fingerprint density at radius 3 is 1.45 bits per heavy atom. The fourth-order valence-corrected chi connectivity index (χ4v) is 2.47. The van der Waals surface area contributed by atoms with Crippen molar-refractivity contribution in [2.24, 2.45) is 0 Å². The summed E-state index contributed by atoms with van der Waals surface area (Å²) >= 11 is 0. The van der Waals surface area contributed by atoms with Gasteiger partial charge in [-0.2, -0.15) is 0 Å². The van der Waals surface area contributed by atoms with E-state index in [9.17, 15) is 9.13 Å². The Hall–Kier alpha value is -0.740. The van der Waals surface area contributed by atoms with Gasteiger partial charge in [0.25, 0.3) is 0 Å². The zero-order valence-electron chi connectivity index (χ0n) is 18.8. The van der Waals surface area contributed by atoms with Crippen LogP contribution in [0.4, 0.5) is 0 Å². The van der Waals surface area contributed by atoms with Crippen molar-refractivity contribution in [2.45, 2.75) is 73.1 Å². The van der Waals surface area contributed by atoms with Gasteiger partial charge in [-0.05, 0) is 73.1 Å². The molecule has 0 aromatic heterocycles. The van der Waals surface area contributed by atoms with Crippen LogP contribution in [0, 0.1) is 0 Å². The third kappa shape index (κ3) is 27.3. The molecule has 0 saturated carbocycles. The van der Waals surface area contributed by atoms with Crippen molar-refractivity contribution in [2.75, 3.05) is 13.7 Å². The molecule has 0 bridgehead atoms. The van der Waals surface area contributed by atoms with E-state index in [0.29, 0.717) is 0 Å². The Labute approximate surface area is 178 Å². The third-order valence-electron chi connectivity index (χ3n) is 3.97. The van der Waals surface area contributed by atoms with Crippen LogP contribution in [-0.4, -0.2) is 23.5 Å². The second kappa shape index (κ2) is 20.5. The average Bonchev–Trinajstić information content (AvgIpc) is 2.61. The van der Waals surface area contributed by atoms with Crippen LogP contribution >= 0.6 is 16.5 Å². The molecule has 0 spiro atoms. The van der Waals surface area contributed by atoms with Gasteiger partial charge in [0.1, 0.15) is 0 Å². The standard InChI is InChI=1S/C20H35O3P.CH5O3P/c1-17(2)9-6-10-18(3)11-7-12-19(4)13-8-14-20(5)15-16-23-24(21)22;1-4-5(2)3/h9,11,13,15,24H,6-8,10,12,14,16H2,1-5H3,(H,21,22);5H,1H3,(H,2,3)/b18-11+,19-13-,20-15+;. The summed E-state index contributed by atoms with van der Waals surface area (Å²) in [5.41, 5.74) is 5.48. The molecule has 0 aliphatic heterocycles. The van der Waals surface area contributed by atoms with Gasteiger partial charge in [0.15, 0.2) is 0 Å². The second-order valence-corrected chi connectivity index (χ2v) is 8.86. The molecule has 29 heavy (non-hydrogen) atoms. The first kappa shape index (κ1) is 30.5. The Kier molecular flexibility index (Phi) is 21.6. The van der Waals surface area contributed by atoms with E-state index >= 15 is 0 Å². The molecule has 0 saturated heterocycles. The minimum Gasteiger partial charge on any atom is -0.326 e. The van der Waals surface area contributed by atoms with Gasteiger partial charge >= 0.3 is 16.5 Å². The predicted octanol–water partition coefficient (Wildman–Crippen LogP) is 6.55. The van der Waals surface area contributed by atoms with E-state index in [-0.39, 0.29) is 6.61 Å². The SMILES string of the molecule is CC(C)=CCC/C(C)=C/CC/C(C)=C\CC/C(C)=C/CO[PH](=O)O.CO[PH](=O)O. The molecule has 170 valence electrons. The summed E-state index contributed by atoms with van der Waals surface area (Å²) in [6.07, 6.45) is 15.3. The Morgan fingerprint density at radius 1 is 0.724 bits per heavy atom. The first-order chi connectivity index (χ1) is 13.6. The maximum absolute atomic E-state index is 10.4. The normalized spacial score (nSPS) is 14.7. The van der Waals surface area contributed by atoms with Gasteiger partial charge in [0.2, 0.25) is 0 Å². The quantitative estimate of drug-likeness (QED) is 0.244. The number of rotatable bonds is 13. The Balaban J connectivity index is 0. The molecular weight excluding hydrogens is 410 g/mol. The van der Waals surface area contributed by atoms with Crippen molar-refractivity contribution < 1.29 is 28.0 Å². The first-order valence-corrected chi connectivity index (χ1v) is 12.3. The molecule has 0 aliphatic carbocycles. The lowest BCUT2D eigenvalue weighted by molar-refractivity contribution is 0.312. The number of hydrogen-bond acceptors (Lipinski definition) is 4. The lowest BCUT2D eigenvalue weighted by Crippen LogP contribution is -1.85. The molecule has 8 heteroatoms. The highest BCUT2D eigenvalue weighted by atomic mass is 31.1. The minimum absolute atomic E-state index is 0.222. The van der Waals surface area contributed by atoms with Crippen molar-refractivity contribution in [3.05, 3.63) is 46.6 Å². The Bertz CT molecular complexity index is 602. The molecule has 2 N–H and O–H groups in total. The van der Waals surface area contributed by atoms with E-state index in [4.69, 9.17) is 9.79 Å². The fraction of sp³-hybridized carbons (Fsp3) is 0.619. The monoisotopic (exact) mass is 450 g/mol. The molecule has 0 aromatic rings. The number of allylic oxidation sites excluding steroid dienone is 7. The van der Waals surface area contributed by atoms with Crippen molar-refractivity contribution in [1.29, 1.82) is 0 Å². The highest BCUT2D eigenvalue weighted by Crippen LogP contribution is 2.16. The van der Waals surface area contributed by atoms with Crippen molar-refractivity contribution in [3.8, 4) is 0 Å². The molecule has 6 nitrogen and oxygen atoms in total. The minimum atomic E-state index is -2.81. The van der Waals surface area contributed by atoms with E-state index in [1.807, 2.05) is 13.0 Å². The van der Waals surface area contributed by atoms with E-state index in [0.717, 1.165) is 38.5 Å². The molecule has 2 unspecified atom stereocenters. The summed E-state index contributed by atoms with van der Waals surface area (Å²) in [6, 6.07) is 0. The lowest BCUT2D eigenvalue weighted by Gasteiger charge is -2.03. The van der Waals surface area contributed by atoms with Gasteiger partial charge in [-0.25, -0.2) is 0 Å². The van der Waals surface area contributed by atoms with Crippen molar-refractivity contribution >= 4 is 16.5 Å². The summed E-state index contributed by atoms with van der Waals surface area (Å²) in [7, 11) is -4.25.